The molecule has 0 saturated carbocycles. The zero-order chi connectivity index (χ0) is 12.8. The number of hydrogen-bond donors (Lipinski definition) is 1. The van der Waals surface area contributed by atoms with Crippen LogP contribution in [0.5, 0.6) is 0 Å². The highest BCUT2D eigenvalue weighted by atomic mass is 79.9. The van der Waals surface area contributed by atoms with Crippen molar-refractivity contribution in [3.8, 4) is 0 Å². The smallest absolute Gasteiger partial charge is 0.253 e. The lowest BCUT2D eigenvalue weighted by atomic mass is 10.0. The van der Waals surface area contributed by atoms with Crippen molar-refractivity contribution >= 4 is 21.8 Å². The highest BCUT2D eigenvalue weighted by Crippen LogP contribution is 2.09. The van der Waals surface area contributed by atoms with Crippen LogP contribution in [-0.4, -0.2) is 22.3 Å². The van der Waals surface area contributed by atoms with Gasteiger partial charge in [-0.05, 0) is 31.4 Å². The molecule has 1 rings (SSSR count). The monoisotopic (exact) mass is 298 g/mol. The van der Waals surface area contributed by atoms with Gasteiger partial charge in [0, 0.05) is 23.3 Å². The predicted molar refractivity (Wildman–Crippen MR) is 73.5 cm³/mol. The molecule has 1 unspecified atom stereocenters. The summed E-state index contributed by atoms with van der Waals surface area (Å²) in [5.74, 6) is 0.382. The molecule has 0 bridgehead atoms. The van der Waals surface area contributed by atoms with Gasteiger partial charge in [-0.25, -0.2) is 0 Å². The lowest BCUT2D eigenvalue weighted by Crippen LogP contribution is -2.38. The van der Waals surface area contributed by atoms with Crippen LogP contribution in [0.15, 0.2) is 18.3 Å². The molecule has 0 aliphatic carbocycles. The van der Waals surface area contributed by atoms with Crippen LogP contribution >= 0.6 is 15.9 Å². The maximum absolute atomic E-state index is 12.0. The van der Waals surface area contributed by atoms with E-state index in [1.54, 1.807) is 6.20 Å². The minimum absolute atomic E-state index is 0.0443. The van der Waals surface area contributed by atoms with Crippen molar-refractivity contribution in [1.29, 1.82) is 0 Å². The summed E-state index contributed by atoms with van der Waals surface area (Å²) in [5, 5.41) is 3.94. The first-order chi connectivity index (χ1) is 8.04. The maximum atomic E-state index is 12.0. The molecule has 1 amide bonds. The third-order valence-electron chi connectivity index (χ3n) is 2.71. The molecule has 1 aromatic rings. The molecule has 4 heteroatoms. The number of halogens is 1. The molecule has 0 aromatic carbocycles. The zero-order valence-corrected chi connectivity index (χ0v) is 12.1. The number of nitrogens with zero attached hydrogens (tertiary/aromatic N) is 1. The topological polar surface area (TPSA) is 42.0 Å². The van der Waals surface area contributed by atoms with Crippen molar-refractivity contribution in [2.75, 3.05) is 5.33 Å². The molecule has 0 fully saturated rings. The van der Waals surface area contributed by atoms with E-state index in [-0.39, 0.29) is 11.9 Å². The minimum atomic E-state index is -0.0443. The molecular weight excluding hydrogens is 280 g/mol. The van der Waals surface area contributed by atoms with Gasteiger partial charge in [0.25, 0.3) is 5.91 Å². The van der Waals surface area contributed by atoms with E-state index in [0.29, 0.717) is 11.5 Å². The molecule has 0 radical (unpaired) electrons. The average Bonchev–Trinajstić information content (AvgIpc) is 2.29. The fourth-order valence-electron chi connectivity index (χ4n) is 1.54. The molecule has 1 aromatic heterocycles. The second-order valence-corrected chi connectivity index (χ2v) is 5.28. The first-order valence-electron chi connectivity index (χ1n) is 5.84. The zero-order valence-electron chi connectivity index (χ0n) is 10.5. The van der Waals surface area contributed by atoms with Gasteiger partial charge in [-0.15, -0.1) is 0 Å². The second-order valence-electron chi connectivity index (χ2n) is 4.49. The number of amides is 1. The fourth-order valence-corrected chi connectivity index (χ4v) is 2.04. The van der Waals surface area contributed by atoms with Crippen LogP contribution in [0.4, 0.5) is 0 Å². The Labute approximate surface area is 111 Å². The largest absolute Gasteiger partial charge is 0.349 e. The van der Waals surface area contributed by atoms with E-state index < -0.39 is 0 Å². The number of pyridine rings is 1. The Morgan fingerprint density at radius 1 is 1.47 bits per heavy atom. The van der Waals surface area contributed by atoms with Gasteiger partial charge in [0.05, 0.1) is 5.56 Å². The number of carbonyl (C=O) groups is 1. The van der Waals surface area contributed by atoms with Gasteiger partial charge >= 0.3 is 0 Å². The standard InChI is InChI=1S/C13H19BrN2O/c1-9(2)12(6-7-14)16-13(17)11-5-4-10(3)15-8-11/h4-5,8-9,12H,6-7H2,1-3H3,(H,16,17). The Kier molecular flexibility index (Phi) is 5.62. The summed E-state index contributed by atoms with van der Waals surface area (Å²) in [5.41, 5.74) is 1.54. The van der Waals surface area contributed by atoms with Crippen LogP contribution in [0, 0.1) is 12.8 Å². The van der Waals surface area contributed by atoms with Crippen LogP contribution in [0.2, 0.25) is 0 Å². The molecule has 1 heterocycles. The Bertz CT molecular complexity index is 362. The third kappa shape index (κ3) is 4.46. The third-order valence-corrected chi connectivity index (χ3v) is 3.17. The van der Waals surface area contributed by atoms with Crippen LogP contribution in [0.1, 0.15) is 36.3 Å². The summed E-state index contributed by atoms with van der Waals surface area (Å²) in [6.07, 6.45) is 2.55. The molecular formula is C13H19BrN2O. The van der Waals surface area contributed by atoms with E-state index in [1.165, 1.54) is 0 Å². The molecule has 0 aliphatic heterocycles. The summed E-state index contributed by atoms with van der Waals surface area (Å²) in [6, 6.07) is 3.86. The summed E-state index contributed by atoms with van der Waals surface area (Å²) >= 11 is 3.41. The SMILES string of the molecule is Cc1ccc(C(=O)NC(CCBr)C(C)C)cn1. The minimum Gasteiger partial charge on any atom is -0.349 e. The molecule has 1 atom stereocenters. The Morgan fingerprint density at radius 3 is 2.65 bits per heavy atom. The van der Waals surface area contributed by atoms with Crippen LogP contribution in [-0.2, 0) is 0 Å². The van der Waals surface area contributed by atoms with Crippen molar-refractivity contribution in [2.24, 2.45) is 5.92 Å². The van der Waals surface area contributed by atoms with Gasteiger partial charge in [-0.1, -0.05) is 29.8 Å². The number of carbonyl (C=O) groups excluding carboxylic acids is 1. The van der Waals surface area contributed by atoms with E-state index in [4.69, 9.17) is 0 Å². The first-order valence-corrected chi connectivity index (χ1v) is 6.96. The fraction of sp³-hybridized carbons (Fsp3) is 0.538. The van der Waals surface area contributed by atoms with Gasteiger partial charge < -0.3 is 5.32 Å². The van der Waals surface area contributed by atoms with Gasteiger partial charge in [0.15, 0.2) is 0 Å². The Balaban J connectivity index is 2.66. The van der Waals surface area contributed by atoms with Gasteiger partial charge in [-0.2, -0.15) is 0 Å². The van der Waals surface area contributed by atoms with E-state index in [2.05, 4.69) is 40.1 Å². The molecule has 1 N–H and O–H groups in total. The molecule has 94 valence electrons. The van der Waals surface area contributed by atoms with Crippen molar-refractivity contribution in [2.45, 2.75) is 33.2 Å². The van der Waals surface area contributed by atoms with E-state index in [0.717, 1.165) is 17.4 Å². The lowest BCUT2D eigenvalue weighted by molar-refractivity contribution is 0.0924. The van der Waals surface area contributed by atoms with Crippen LogP contribution < -0.4 is 5.32 Å². The quantitative estimate of drug-likeness (QED) is 0.849. The summed E-state index contributed by atoms with van der Waals surface area (Å²) in [6.45, 7) is 6.13. The van der Waals surface area contributed by atoms with Crippen molar-refractivity contribution < 1.29 is 4.79 Å². The Hall–Kier alpha value is -0.900. The first kappa shape index (κ1) is 14.2. The summed E-state index contributed by atoms with van der Waals surface area (Å²) in [4.78, 5) is 16.1. The number of aryl methyl sites for hydroxylation is 1. The molecule has 17 heavy (non-hydrogen) atoms. The lowest BCUT2D eigenvalue weighted by Gasteiger charge is -2.21. The van der Waals surface area contributed by atoms with Crippen molar-refractivity contribution in [3.05, 3.63) is 29.6 Å². The molecule has 3 nitrogen and oxygen atoms in total. The van der Waals surface area contributed by atoms with Crippen LogP contribution in [0.25, 0.3) is 0 Å². The summed E-state index contributed by atoms with van der Waals surface area (Å²) < 4.78 is 0. The second kappa shape index (κ2) is 6.74. The average molecular weight is 299 g/mol. The number of aromatic nitrogens is 1. The Morgan fingerprint density at radius 2 is 2.18 bits per heavy atom. The van der Waals surface area contributed by atoms with Crippen LogP contribution in [0.3, 0.4) is 0 Å². The molecule has 0 saturated heterocycles. The van der Waals surface area contributed by atoms with Crippen molar-refractivity contribution in [1.82, 2.24) is 10.3 Å². The molecule has 0 aliphatic rings. The number of hydrogen-bond acceptors (Lipinski definition) is 2. The normalized spacial score (nSPS) is 12.5. The summed E-state index contributed by atoms with van der Waals surface area (Å²) in [7, 11) is 0. The number of rotatable bonds is 5. The van der Waals surface area contributed by atoms with Crippen molar-refractivity contribution in [3.63, 3.8) is 0 Å². The van der Waals surface area contributed by atoms with Gasteiger partial charge in [0.2, 0.25) is 0 Å². The maximum Gasteiger partial charge on any atom is 0.253 e. The van der Waals surface area contributed by atoms with Gasteiger partial charge in [0.1, 0.15) is 0 Å². The van der Waals surface area contributed by atoms with E-state index in [1.807, 2.05) is 19.1 Å². The van der Waals surface area contributed by atoms with E-state index >= 15 is 0 Å². The molecule has 0 spiro atoms. The predicted octanol–water partition coefficient (Wildman–Crippen LogP) is 2.93. The van der Waals surface area contributed by atoms with Gasteiger partial charge in [-0.3, -0.25) is 9.78 Å². The highest BCUT2D eigenvalue weighted by molar-refractivity contribution is 9.09. The number of nitrogens with one attached hydrogen (secondary N) is 1. The highest BCUT2D eigenvalue weighted by Gasteiger charge is 2.16. The van der Waals surface area contributed by atoms with E-state index in [9.17, 15) is 4.79 Å². The number of alkyl halides is 1.